The zero-order chi connectivity index (χ0) is 26.7. The van der Waals surface area contributed by atoms with Crippen LogP contribution in [0.25, 0.3) is 0 Å². The average Bonchev–Trinajstić information content (AvgIpc) is 3.18. The largest absolute Gasteiger partial charge is 0.444 e. The zero-order valence-corrected chi connectivity index (χ0v) is 22.9. The van der Waals surface area contributed by atoms with Crippen molar-refractivity contribution in [3.8, 4) is 0 Å². The molecule has 0 bridgehead atoms. The second-order valence-corrected chi connectivity index (χ2v) is 10.4. The van der Waals surface area contributed by atoms with Crippen LogP contribution in [-0.4, -0.2) is 78.4 Å². The summed E-state index contributed by atoms with van der Waals surface area (Å²) in [5.41, 5.74) is 0.660. The van der Waals surface area contributed by atoms with Crippen LogP contribution < -0.4 is 15.1 Å². The molecule has 2 aliphatic heterocycles. The summed E-state index contributed by atoms with van der Waals surface area (Å²) in [5, 5.41) is 11.2. The summed E-state index contributed by atoms with van der Waals surface area (Å²) in [6.45, 7) is 17.9. The highest BCUT2D eigenvalue weighted by Gasteiger charge is 2.51. The molecule has 1 spiro atoms. The van der Waals surface area contributed by atoms with Crippen LogP contribution >= 0.6 is 0 Å². The second-order valence-electron chi connectivity index (χ2n) is 10.4. The van der Waals surface area contributed by atoms with Crippen LogP contribution in [0.3, 0.4) is 0 Å². The predicted molar refractivity (Wildman–Crippen MR) is 145 cm³/mol. The lowest BCUT2D eigenvalue weighted by atomic mass is 9.66. The monoisotopic (exact) mass is 498 g/mol. The van der Waals surface area contributed by atoms with E-state index < -0.39 is 5.60 Å². The van der Waals surface area contributed by atoms with Crippen molar-refractivity contribution in [2.24, 2.45) is 4.99 Å². The van der Waals surface area contributed by atoms with E-state index in [9.17, 15) is 4.79 Å². The maximum absolute atomic E-state index is 12.7. The molecular formula is C26H42N8O2. The fourth-order valence-electron chi connectivity index (χ4n) is 5.16. The van der Waals surface area contributed by atoms with E-state index in [4.69, 9.17) is 15.1 Å². The highest BCUT2D eigenvalue weighted by molar-refractivity contribution is 5.94. The first-order valence-electron chi connectivity index (χ1n) is 12.9. The molecule has 0 radical (unpaired) electrons. The summed E-state index contributed by atoms with van der Waals surface area (Å²) < 4.78 is 5.61. The van der Waals surface area contributed by atoms with Gasteiger partial charge in [0.15, 0.2) is 0 Å². The lowest BCUT2D eigenvalue weighted by molar-refractivity contribution is 0.0158. The van der Waals surface area contributed by atoms with E-state index in [0.717, 1.165) is 36.8 Å². The van der Waals surface area contributed by atoms with Gasteiger partial charge in [-0.2, -0.15) is 0 Å². The average molecular weight is 499 g/mol. The van der Waals surface area contributed by atoms with Crippen molar-refractivity contribution in [1.82, 2.24) is 20.2 Å². The molecule has 2 N–H and O–H groups in total. The summed E-state index contributed by atoms with van der Waals surface area (Å²) in [4.78, 5) is 32.1. The molecule has 1 aliphatic carbocycles. The quantitative estimate of drug-likeness (QED) is 0.478. The molecule has 0 aromatic carbocycles. The zero-order valence-electron chi connectivity index (χ0n) is 22.9. The molecule has 36 heavy (non-hydrogen) atoms. The van der Waals surface area contributed by atoms with Crippen LogP contribution in [0.4, 0.5) is 16.4 Å². The number of nitrogens with zero attached hydrogens (tertiary/aromatic N) is 6. The van der Waals surface area contributed by atoms with Crippen molar-refractivity contribution in [2.75, 3.05) is 43.0 Å². The molecule has 0 unspecified atom stereocenters. The number of aliphatic imine (C=N–C) groups is 1. The van der Waals surface area contributed by atoms with E-state index in [2.05, 4.69) is 38.7 Å². The van der Waals surface area contributed by atoms with Gasteiger partial charge < -0.3 is 24.8 Å². The minimum atomic E-state index is -0.516. The van der Waals surface area contributed by atoms with Gasteiger partial charge >= 0.3 is 6.09 Å². The molecule has 1 saturated heterocycles. The fourth-order valence-corrected chi connectivity index (χ4v) is 5.16. The third-order valence-corrected chi connectivity index (χ3v) is 6.91. The second kappa shape index (κ2) is 10.8. The first-order valence-corrected chi connectivity index (χ1v) is 12.9. The van der Waals surface area contributed by atoms with E-state index in [1.54, 1.807) is 12.4 Å². The number of anilines is 2. The van der Waals surface area contributed by atoms with Gasteiger partial charge in [-0.25, -0.2) is 19.8 Å². The predicted octanol–water partition coefficient (Wildman–Crippen LogP) is 3.93. The number of nitrogens with one attached hydrogen (secondary N) is 2. The van der Waals surface area contributed by atoms with Gasteiger partial charge in [0.2, 0.25) is 0 Å². The molecule has 198 valence electrons. The summed E-state index contributed by atoms with van der Waals surface area (Å²) in [7, 11) is 1.84. The summed E-state index contributed by atoms with van der Waals surface area (Å²) >= 11 is 0. The number of hydrogen-bond acceptors (Lipinski definition) is 8. The van der Waals surface area contributed by atoms with Gasteiger partial charge in [-0.1, -0.05) is 20.3 Å². The van der Waals surface area contributed by atoms with E-state index in [0.29, 0.717) is 19.6 Å². The van der Waals surface area contributed by atoms with Gasteiger partial charge in [0.05, 0.1) is 0 Å². The van der Waals surface area contributed by atoms with Gasteiger partial charge in [0.1, 0.15) is 35.2 Å². The molecule has 1 saturated carbocycles. The van der Waals surface area contributed by atoms with Crippen molar-refractivity contribution in [3.63, 3.8) is 0 Å². The maximum atomic E-state index is 12.7. The summed E-state index contributed by atoms with van der Waals surface area (Å²) in [5.74, 6) is 2.71. The third-order valence-electron chi connectivity index (χ3n) is 6.91. The lowest BCUT2D eigenvalue weighted by Crippen LogP contribution is -2.55. The first kappa shape index (κ1) is 27.4. The number of ether oxygens (including phenoxy) is 1. The maximum Gasteiger partial charge on any atom is 0.410 e. The number of piperazine rings is 1. The Morgan fingerprint density at radius 2 is 1.94 bits per heavy atom. The summed E-state index contributed by atoms with van der Waals surface area (Å²) in [6, 6.07) is -0.00374. The van der Waals surface area contributed by atoms with Crippen LogP contribution in [0.2, 0.25) is 0 Å². The van der Waals surface area contributed by atoms with E-state index in [-0.39, 0.29) is 23.4 Å². The molecule has 1 aromatic rings. The molecule has 2 fully saturated rings. The van der Waals surface area contributed by atoms with E-state index in [1.807, 2.05) is 46.6 Å². The molecule has 3 aliphatic rings. The molecule has 3 heterocycles. The van der Waals surface area contributed by atoms with Crippen LogP contribution in [0.15, 0.2) is 23.2 Å². The summed E-state index contributed by atoms with van der Waals surface area (Å²) in [6.07, 6.45) is 6.37. The van der Waals surface area contributed by atoms with E-state index >= 15 is 0 Å². The van der Waals surface area contributed by atoms with Crippen LogP contribution in [0.5, 0.6) is 0 Å². The van der Waals surface area contributed by atoms with Gasteiger partial charge in [-0.3, -0.25) is 5.41 Å². The number of rotatable bonds is 4. The van der Waals surface area contributed by atoms with Crippen molar-refractivity contribution in [1.29, 1.82) is 5.41 Å². The SMILES string of the molecule is C=NC(=N)/C=C(\NC)N1CC2(CCC2)c2c(N3CCN(C(=O)OC(C)(C)C)[C@H](C)C3)ncnc21.CC. The highest BCUT2D eigenvalue weighted by Crippen LogP contribution is 2.55. The van der Waals surface area contributed by atoms with Crippen molar-refractivity contribution in [2.45, 2.75) is 77.9 Å². The van der Waals surface area contributed by atoms with Crippen molar-refractivity contribution < 1.29 is 9.53 Å². The number of fused-ring (bicyclic) bond motifs is 2. The van der Waals surface area contributed by atoms with E-state index in [1.165, 1.54) is 12.0 Å². The van der Waals surface area contributed by atoms with Gasteiger partial charge in [0.25, 0.3) is 0 Å². The number of carbonyl (C=O) groups excluding carboxylic acids is 1. The van der Waals surface area contributed by atoms with Gasteiger partial charge in [-0.15, -0.1) is 0 Å². The lowest BCUT2D eigenvalue weighted by Gasteiger charge is -2.44. The Balaban J connectivity index is 0.00000176. The number of hydrogen-bond donors (Lipinski definition) is 2. The normalized spacial score (nSPS) is 20.7. The molecule has 10 heteroatoms. The number of amides is 1. The first-order chi connectivity index (χ1) is 17.1. The Labute approximate surface area is 215 Å². The molecule has 1 aromatic heterocycles. The van der Waals surface area contributed by atoms with Crippen molar-refractivity contribution in [3.05, 3.63) is 23.8 Å². The molecule has 4 rings (SSSR count). The van der Waals surface area contributed by atoms with Gasteiger partial charge in [0, 0.05) is 56.3 Å². The Kier molecular flexibility index (Phi) is 8.26. The van der Waals surface area contributed by atoms with Crippen LogP contribution in [0, 0.1) is 5.41 Å². The molecular weight excluding hydrogens is 456 g/mol. The number of aromatic nitrogens is 2. The fraction of sp³-hybridized carbons (Fsp3) is 0.654. The number of carbonyl (C=O) groups is 1. The Morgan fingerprint density at radius 1 is 1.28 bits per heavy atom. The molecule has 1 atom stereocenters. The van der Waals surface area contributed by atoms with Crippen molar-refractivity contribution >= 4 is 30.3 Å². The standard InChI is InChI=1S/C24H36N8O2.C2H6/c1-16-13-30(10-11-31(16)22(33)34-23(2,3)4)20-19-21(29-15-28-20)32(14-24(19)8-7-9-24)18(27-6)12-17(25)26-5;1-2/h12,15-16,25,27H,5,7-11,13-14H2,1-4,6H3;1-2H3/b18-12+,25-17?;/t16-;/m1./s1. The smallest absolute Gasteiger partial charge is 0.410 e. The minimum absolute atomic E-state index is 0.00278. The molecule has 1 amide bonds. The Hall–Kier alpha value is -3.17. The topological polar surface area (TPSA) is 110 Å². The Morgan fingerprint density at radius 3 is 2.47 bits per heavy atom. The minimum Gasteiger partial charge on any atom is -0.444 e. The third kappa shape index (κ3) is 5.32. The number of amidine groups is 1. The van der Waals surface area contributed by atoms with Crippen LogP contribution in [0.1, 0.15) is 66.4 Å². The molecule has 10 nitrogen and oxygen atoms in total. The highest BCUT2D eigenvalue weighted by atomic mass is 16.6. The van der Waals surface area contributed by atoms with Crippen LogP contribution in [-0.2, 0) is 10.2 Å². The Bertz CT molecular complexity index is 1010. The van der Waals surface area contributed by atoms with Gasteiger partial charge in [-0.05, 0) is 47.3 Å².